The molecule has 0 amide bonds. The van der Waals surface area contributed by atoms with E-state index in [0.717, 1.165) is 11.5 Å². The van der Waals surface area contributed by atoms with Crippen LogP contribution in [0.5, 0.6) is 0 Å². The normalized spacial score (nSPS) is 14.6. The van der Waals surface area contributed by atoms with Crippen molar-refractivity contribution in [2.45, 2.75) is 0 Å². The molecule has 0 aliphatic carbocycles. The van der Waals surface area contributed by atoms with Crippen molar-refractivity contribution in [2.75, 3.05) is 0 Å². The molecule has 1 N–H and O–H groups in total. The minimum atomic E-state index is 0.840. The third-order valence-corrected chi connectivity index (χ3v) is 1.43. The molecule has 0 fully saturated rings. The summed E-state index contributed by atoms with van der Waals surface area (Å²) >= 11 is 0. The van der Waals surface area contributed by atoms with Gasteiger partial charge in [-0.1, -0.05) is 6.58 Å². The molecular formula is C7H7N3. The zero-order valence-corrected chi connectivity index (χ0v) is 5.41. The number of fused-ring (bicyclic) bond motifs is 1. The number of rotatable bonds is 0. The van der Waals surface area contributed by atoms with E-state index < -0.39 is 0 Å². The first-order valence-corrected chi connectivity index (χ1v) is 3.03. The summed E-state index contributed by atoms with van der Waals surface area (Å²) in [5, 5.41) is 2.97. The van der Waals surface area contributed by atoms with Crippen LogP contribution < -0.4 is 5.32 Å². The quantitative estimate of drug-likeness (QED) is 0.569. The molecule has 2 rings (SSSR count). The van der Waals surface area contributed by atoms with Gasteiger partial charge in [0.2, 0.25) is 0 Å². The van der Waals surface area contributed by atoms with Crippen LogP contribution in [0, 0.1) is 0 Å². The minimum absolute atomic E-state index is 0.840. The van der Waals surface area contributed by atoms with Gasteiger partial charge >= 0.3 is 0 Å². The first-order chi connectivity index (χ1) is 4.88. The van der Waals surface area contributed by atoms with E-state index in [1.807, 2.05) is 23.2 Å². The molecular weight excluding hydrogens is 126 g/mol. The molecule has 0 radical (unpaired) electrons. The molecule has 0 unspecified atom stereocenters. The van der Waals surface area contributed by atoms with Crippen LogP contribution in [-0.4, -0.2) is 9.55 Å². The summed E-state index contributed by atoms with van der Waals surface area (Å²) in [6, 6.07) is 0. The number of nitrogens with one attached hydrogen (secondary N) is 1. The van der Waals surface area contributed by atoms with Crippen LogP contribution in [0.2, 0.25) is 0 Å². The van der Waals surface area contributed by atoms with Gasteiger partial charge in [-0.2, -0.15) is 0 Å². The van der Waals surface area contributed by atoms with Gasteiger partial charge in [0.05, 0.1) is 5.70 Å². The van der Waals surface area contributed by atoms with Crippen molar-refractivity contribution in [1.29, 1.82) is 0 Å². The Kier molecular flexibility index (Phi) is 0.917. The SMILES string of the molecule is C=C1NC=Cn2ccnc21. The number of imidazole rings is 1. The van der Waals surface area contributed by atoms with Crippen LogP contribution in [0.1, 0.15) is 5.82 Å². The molecule has 3 nitrogen and oxygen atoms in total. The van der Waals surface area contributed by atoms with E-state index in [4.69, 9.17) is 0 Å². The fraction of sp³-hybridized carbons (Fsp3) is 0. The molecule has 1 aromatic heterocycles. The average molecular weight is 133 g/mol. The molecule has 0 atom stereocenters. The van der Waals surface area contributed by atoms with Crippen LogP contribution in [0.15, 0.2) is 25.2 Å². The Morgan fingerprint density at radius 3 is 3.30 bits per heavy atom. The standard InChI is InChI=1S/C7H7N3/c1-6-7-9-3-5-10(7)4-2-8-6/h2-5,8H,1H2. The van der Waals surface area contributed by atoms with Crippen LogP contribution in [0.25, 0.3) is 11.9 Å². The number of hydrogen-bond acceptors (Lipinski definition) is 2. The van der Waals surface area contributed by atoms with Crippen molar-refractivity contribution in [1.82, 2.24) is 14.9 Å². The highest BCUT2D eigenvalue weighted by atomic mass is 15.1. The van der Waals surface area contributed by atoms with Crippen LogP contribution >= 0.6 is 0 Å². The summed E-state index contributed by atoms with van der Waals surface area (Å²) in [4.78, 5) is 4.09. The van der Waals surface area contributed by atoms with Gasteiger partial charge in [0, 0.05) is 24.8 Å². The predicted molar refractivity (Wildman–Crippen MR) is 39.7 cm³/mol. The molecule has 50 valence electrons. The van der Waals surface area contributed by atoms with Gasteiger partial charge in [0.1, 0.15) is 0 Å². The molecule has 10 heavy (non-hydrogen) atoms. The minimum Gasteiger partial charge on any atom is -0.358 e. The Morgan fingerprint density at radius 2 is 2.50 bits per heavy atom. The molecule has 0 aromatic carbocycles. The Morgan fingerprint density at radius 1 is 1.60 bits per heavy atom. The first-order valence-electron chi connectivity index (χ1n) is 3.03. The van der Waals surface area contributed by atoms with E-state index in [0.29, 0.717) is 0 Å². The number of aromatic nitrogens is 2. The Hall–Kier alpha value is -1.51. The molecule has 1 aliphatic heterocycles. The van der Waals surface area contributed by atoms with Crippen molar-refractivity contribution < 1.29 is 0 Å². The lowest BCUT2D eigenvalue weighted by Crippen LogP contribution is -2.11. The molecule has 0 saturated carbocycles. The summed E-state index contributed by atoms with van der Waals surface area (Å²) in [6.45, 7) is 3.78. The summed E-state index contributed by atoms with van der Waals surface area (Å²) in [5.74, 6) is 0.877. The topological polar surface area (TPSA) is 29.9 Å². The fourth-order valence-corrected chi connectivity index (χ4v) is 0.950. The van der Waals surface area contributed by atoms with Crippen LogP contribution in [0.3, 0.4) is 0 Å². The number of hydrogen-bond donors (Lipinski definition) is 1. The third-order valence-electron chi connectivity index (χ3n) is 1.43. The van der Waals surface area contributed by atoms with E-state index in [-0.39, 0.29) is 0 Å². The van der Waals surface area contributed by atoms with E-state index in [1.165, 1.54) is 0 Å². The van der Waals surface area contributed by atoms with Crippen molar-refractivity contribution >= 4 is 11.9 Å². The summed E-state index contributed by atoms with van der Waals surface area (Å²) < 4.78 is 1.92. The zero-order valence-electron chi connectivity index (χ0n) is 5.41. The fourth-order valence-electron chi connectivity index (χ4n) is 0.950. The second kappa shape index (κ2) is 1.73. The maximum Gasteiger partial charge on any atom is 0.159 e. The van der Waals surface area contributed by atoms with Gasteiger partial charge in [-0.05, 0) is 0 Å². The maximum atomic E-state index is 4.09. The van der Waals surface area contributed by atoms with Crippen molar-refractivity contribution in [2.24, 2.45) is 0 Å². The van der Waals surface area contributed by atoms with E-state index in [2.05, 4.69) is 16.9 Å². The largest absolute Gasteiger partial charge is 0.358 e. The van der Waals surface area contributed by atoms with Crippen molar-refractivity contribution in [3.05, 3.63) is 31.0 Å². The summed E-state index contributed by atoms with van der Waals surface area (Å²) in [5.41, 5.74) is 0.840. The zero-order chi connectivity index (χ0) is 6.97. The molecule has 2 heterocycles. The lowest BCUT2D eigenvalue weighted by molar-refractivity contribution is 1.00. The predicted octanol–water partition coefficient (Wildman–Crippen LogP) is 0.885. The van der Waals surface area contributed by atoms with Crippen LogP contribution in [0.4, 0.5) is 0 Å². The van der Waals surface area contributed by atoms with Gasteiger partial charge in [-0.15, -0.1) is 0 Å². The Bertz CT molecular complexity index is 296. The Labute approximate surface area is 58.7 Å². The monoisotopic (exact) mass is 133 g/mol. The summed E-state index contributed by atoms with van der Waals surface area (Å²) in [6.07, 6.45) is 7.36. The molecule has 1 aliphatic rings. The molecule has 1 aromatic rings. The molecule has 0 bridgehead atoms. The number of nitrogens with zero attached hydrogens (tertiary/aromatic N) is 2. The highest BCUT2D eigenvalue weighted by Gasteiger charge is 2.06. The summed E-state index contributed by atoms with van der Waals surface area (Å²) in [7, 11) is 0. The lowest BCUT2D eigenvalue weighted by Gasteiger charge is -2.10. The van der Waals surface area contributed by atoms with Gasteiger partial charge in [-0.25, -0.2) is 4.98 Å². The lowest BCUT2D eigenvalue weighted by atomic mass is 10.4. The van der Waals surface area contributed by atoms with E-state index >= 15 is 0 Å². The van der Waals surface area contributed by atoms with Gasteiger partial charge in [-0.3, -0.25) is 0 Å². The second-order valence-electron chi connectivity index (χ2n) is 2.10. The van der Waals surface area contributed by atoms with Crippen molar-refractivity contribution in [3.8, 4) is 0 Å². The Balaban J connectivity index is 2.62. The molecule has 3 heteroatoms. The molecule has 0 spiro atoms. The van der Waals surface area contributed by atoms with Gasteiger partial charge in [0.15, 0.2) is 5.82 Å². The van der Waals surface area contributed by atoms with Crippen LogP contribution in [-0.2, 0) is 0 Å². The van der Waals surface area contributed by atoms with E-state index in [1.54, 1.807) is 6.20 Å². The molecule has 0 saturated heterocycles. The second-order valence-corrected chi connectivity index (χ2v) is 2.10. The van der Waals surface area contributed by atoms with Gasteiger partial charge < -0.3 is 9.88 Å². The van der Waals surface area contributed by atoms with Gasteiger partial charge in [0.25, 0.3) is 0 Å². The average Bonchev–Trinajstić information content (AvgIpc) is 2.36. The van der Waals surface area contributed by atoms with E-state index in [9.17, 15) is 0 Å². The third kappa shape index (κ3) is 0.572. The maximum absolute atomic E-state index is 4.09. The highest BCUT2D eigenvalue weighted by Crippen LogP contribution is 2.10. The first kappa shape index (κ1) is 5.29. The smallest absolute Gasteiger partial charge is 0.159 e. The van der Waals surface area contributed by atoms with Crippen molar-refractivity contribution in [3.63, 3.8) is 0 Å². The highest BCUT2D eigenvalue weighted by molar-refractivity contribution is 5.61.